The molecule has 0 bridgehead atoms. The number of likely N-dealkylation sites (N-methyl/N-ethyl adjacent to an activating group) is 1. The molecule has 5 heteroatoms. The molecule has 0 unspecified atom stereocenters. The molecule has 0 aromatic heterocycles. The van der Waals surface area contributed by atoms with Crippen LogP contribution in [0, 0.1) is 11.3 Å². The lowest BCUT2D eigenvalue weighted by Crippen LogP contribution is -2.69. The molecular weight excluding hydrogens is 316 g/mol. The predicted molar refractivity (Wildman–Crippen MR) is 97.5 cm³/mol. The lowest BCUT2D eigenvalue weighted by molar-refractivity contribution is -0.192. The summed E-state index contributed by atoms with van der Waals surface area (Å²) >= 11 is 0. The zero-order valence-corrected chi connectivity index (χ0v) is 15.7. The summed E-state index contributed by atoms with van der Waals surface area (Å²) in [4.78, 5) is 13.2. The lowest BCUT2D eigenvalue weighted by Gasteiger charge is -2.60. The molecule has 1 heterocycles. The van der Waals surface area contributed by atoms with Gasteiger partial charge in [0, 0.05) is 44.6 Å². The topological polar surface area (TPSA) is 50.8 Å². The van der Waals surface area contributed by atoms with Crippen molar-refractivity contribution in [2.24, 2.45) is 11.3 Å². The molecular formula is C20H30N2O3. The van der Waals surface area contributed by atoms with E-state index in [2.05, 4.69) is 25.2 Å². The minimum Gasteiger partial charge on any atom is -0.484 e. The number of nitrogens with one attached hydrogen (secondary N) is 1. The Kier molecular flexibility index (Phi) is 5.35. The summed E-state index contributed by atoms with van der Waals surface area (Å²) in [5.74, 6) is 1.32. The van der Waals surface area contributed by atoms with Crippen LogP contribution in [-0.4, -0.2) is 50.3 Å². The number of ether oxygens (including phenoxy) is 2. The molecule has 2 aliphatic rings. The van der Waals surface area contributed by atoms with Crippen LogP contribution < -0.4 is 10.1 Å². The lowest BCUT2D eigenvalue weighted by atomic mass is 9.55. The van der Waals surface area contributed by atoms with Crippen molar-refractivity contribution in [2.45, 2.75) is 45.4 Å². The van der Waals surface area contributed by atoms with Gasteiger partial charge in [0.2, 0.25) is 0 Å². The molecule has 0 spiro atoms. The number of carbonyl (C=O) groups is 1. The van der Waals surface area contributed by atoms with Gasteiger partial charge in [-0.25, -0.2) is 0 Å². The van der Waals surface area contributed by atoms with E-state index in [0.717, 1.165) is 18.9 Å². The molecule has 1 aliphatic heterocycles. The Morgan fingerprint density at radius 3 is 2.96 bits per heavy atom. The van der Waals surface area contributed by atoms with Crippen LogP contribution in [0.25, 0.3) is 0 Å². The van der Waals surface area contributed by atoms with E-state index in [1.54, 1.807) is 14.1 Å². The van der Waals surface area contributed by atoms with Crippen LogP contribution in [0.2, 0.25) is 0 Å². The molecule has 5 nitrogen and oxygen atoms in total. The number of nitrogens with zero attached hydrogens (tertiary/aromatic N) is 1. The van der Waals surface area contributed by atoms with E-state index in [4.69, 9.17) is 9.47 Å². The Hall–Kier alpha value is -1.59. The zero-order valence-electron chi connectivity index (χ0n) is 15.7. The van der Waals surface area contributed by atoms with Crippen LogP contribution in [0.5, 0.6) is 5.75 Å². The highest BCUT2D eigenvalue weighted by Crippen LogP contribution is 2.51. The average Bonchev–Trinajstić information content (AvgIpc) is 2.60. The summed E-state index contributed by atoms with van der Waals surface area (Å²) in [6, 6.07) is 8.46. The third-order valence-electron chi connectivity index (χ3n) is 5.62. The molecule has 3 rings (SSSR count). The van der Waals surface area contributed by atoms with Crippen molar-refractivity contribution in [1.29, 1.82) is 0 Å². The summed E-state index contributed by atoms with van der Waals surface area (Å²) < 4.78 is 11.6. The fourth-order valence-corrected chi connectivity index (χ4v) is 4.18. The molecule has 1 aromatic carbocycles. The molecule has 1 saturated heterocycles. The summed E-state index contributed by atoms with van der Waals surface area (Å²) in [6.45, 7) is 6.37. The summed E-state index contributed by atoms with van der Waals surface area (Å²) in [5.41, 5.74) is 1.35. The second kappa shape index (κ2) is 7.34. The number of fused-ring (bicyclic) bond motifs is 1. The van der Waals surface area contributed by atoms with Crippen molar-refractivity contribution < 1.29 is 14.3 Å². The van der Waals surface area contributed by atoms with Gasteiger partial charge in [-0.3, -0.25) is 4.79 Å². The van der Waals surface area contributed by atoms with Crippen molar-refractivity contribution in [3.63, 3.8) is 0 Å². The quantitative estimate of drug-likeness (QED) is 0.860. The molecule has 1 saturated carbocycles. The third kappa shape index (κ3) is 3.82. The van der Waals surface area contributed by atoms with E-state index in [-0.39, 0.29) is 17.9 Å². The van der Waals surface area contributed by atoms with Gasteiger partial charge in [-0.1, -0.05) is 26.0 Å². The summed E-state index contributed by atoms with van der Waals surface area (Å²) in [7, 11) is 3.46. The van der Waals surface area contributed by atoms with Crippen LogP contribution in [0.1, 0.15) is 32.3 Å². The minimum atomic E-state index is -0.0388. The fraction of sp³-hybridized carbons (Fsp3) is 0.650. The maximum Gasteiger partial charge on any atom is 0.259 e. The minimum absolute atomic E-state index is 0.0388. The molecule has 0 radical (unpaired) electrons. The molecule has 25 heavy (non-hydrogen) atoms. The number of rotatable bonds is 6. The van der Waals surface area contributed by atoms with Crippen LogP contribution in [0.15, 0.2) is 24.3 Å². The van der Waals surface area contributed by atoms with Crippen LogP contribution in [0.4, 0.5) is 0 Å². The van der Waals surface area contributed by atoms with E-state index in [1.165, 1.54) is 23.3 Å². The highest BCUT2D eigenvalue weighted by Gasteiger charge is 2.57. The van der Waals surface area contributed by atoms with Crippen LogP contribution in [-0.2, 0) is 16.1 Å². The van der Waals surface area contributed by atoms with Gasteiger partial charge in [-0.05, 0) is 30.5 Å². The highest BCUT2D eigenvalue weighted by atomic mass is 16.5. The molecule has 1 aliphatic carbocycles. The molecule has 1 aromatic rings. The van der Waals surface area contributed by atoms with Gasteiger partial charge in [0.1, 0.15) is 5.75 Å². The van der Waals surface area contributed by atoms with E-state index < -0.39 is 0 Å². The van der Waals surface area contributed by atoms with Gasteiger partial charge in [0.05, 0.1) is 6.10 Å². The zero-order chi connectivity index (χ0) is 18.0. The summed E-state index contributed by atoms with van der Waals surface area (Å²) in [6.07, 6.45) is 2.81. The predicted octanol–water partition coefficient (Wildman–Crippen LogP) is 2.45. The Morgan fingerprint density at radius 1 is 1.40 bits per heavy atom. The standard InChI is InChI=1S/C20H30N2O3/c1-20(2)18(16-9-6-10-24-19(16)20)21-12-14-7-5-8-15(11-14)25-13-17(23)22(3)4/h5,7-8,11,16,18-19,21H,6,9-10,12-13H2,1-4H3/t16-,18-,19-/m1/s1. The van der Waals surface area contributed by atoms with Gasteiger partial charge < -0.3 is 19.7 Å². The number of hydrogen-bond acceptors (Lipinski definition) is 4. The third-order valence-corrected chi connectivity index (χ3v) is 5.62. The van der Waals surface area contributed by atoms with Crippen molar-refractivity contribution in [3.8, 4) is 5.75 Å². The molecule has 2 fully saturated rings. The number of hydrogen-bond donors (Lipinski definition) is 1. The van der Waals surface area contributed by atoms with E-state index in [9.17, 15) is 4.79 Å². The number of amides is 1. The first kappa shape index (κ1) is 18.2. The average molecular weight is 346 g/mol. The van der Waals surface area contributed by atoms with Crippen molar-refractivity contribution in [2.75, 3.05) is 27.3 Å². The monoisotopic (exact) mass is 346 g/mol. The first-order valence-corrected chi connectivity index (χ1v) is 9.16. The smallest absolute Gasteiger partial charge is 0.259 e. The normalized spacial score (nSPS) is 27.1. The van der Waals surface area contributed by atoms with Gasteiger partial charge >= 0.3 is 0 Å². The maximum atomic E-state index is 11.6. The molecule has 3 atom stereocenters. The number of benzene rings is 1. The van der Waals surface area contributed by atoms with Gasteiger partial charge in [0.25, 0.3) is 5.91 Å². The van der Waals surface area contributed by atoms with Crippen molar-refractivity contribution in [1.82, 2.24) is 10.2 Å². The largest absolute Gasteiger partial charge is 0.484 e. The molecule has 1 amide bonds. The molecule has 138 valence electrons. The second-order valence-corrected chi connectivity index (χ2v) is 8.00. The van der Waals surface area contributed by atoms with E-state index >= 15 is 0 Å². The molecule has 1 N–H and O–H groups in total. The van der Waals surface area contributed by atoms with Crippen LogP contribution >= 0.6 is 0 Å². The van der Waals surface area contributed by atoms with Gasteiger partial charge in [-0.2, -0.15) is 0 Å². The Labute approximate surface area is 150 Å². The van der Waals surface area contributed by atoms with Crippen molar-refractivity contribution in [3.05, 3.63) is 29.8 Å². The highest BCUT2D eigenvalue weighted by molar-refractivity contribution is 5.77. The Balaban J connectivity index is 1.55. The second-order valence-electron chi connectivity index (χ2n) is 8.00. The summed E-state index contributed by atoms with van der Waals surface area (Å²) in [5, 5.41) is 3.72. The van der Waals surface area contributed by atoms with Gasteiger partial charge in [-0.15, -0.1) is 0 Å². The van der Waals surface area contributed by atoms with Gasteiger partial charge in [0.15, 0.2) is 6.61 Å². The first-order valence-electron chi connectivity index (χ1n) is 9.16. The number of carbonyl (C=O) groups excluding carboxylic acids is 1. The Morgan fingerprint density at radius 2 is 2.20 bits per heavy atom. The van der Waals surface area contributed by atoms with Crippen LogP contribution in [0.3, 0.4) is 0 Å². The van der Waals surface area contributed by atoms with E-state index in [0.29, 0.717) is 18.1 Å². The first-order chi connectivity index (χ1) is 11.9. The van der Waals surface area contributed by atoms with Crippen molar-refractivity contribution >= 4 is 5.91 Å². The Bertz CT molecular complexity index is 615. The fourth-order valence-electron chi connectivity index (χ4n) is 4.18. The van der Waals surface area contributed by atoms with E-state index in [1.807, 2.05) is 18.2 Å². The maximum absolute atomic E-state index is 11.6. The SMILES string of the molecule is CN(C)C(=O)COc1cccc(CN[C@@H]2[C@H]3CCCO[C@H]3C2(C)C)c1.